The number of hydrogen-bond acceptors (Lipinski definition) is 6. The Morgan fingerprint density at radius 3 is 2.69 bits per heavy atom. The minimum atomic E-state index is -0.739. The number of benzene rings is 1. The maximum atomic E-state index is 11.0. The molecule has 0 aromatic heterocycles. The highest BCUT2D eigenvalue weighted by molar-refractivity contribution is 5.13. The van der Waals surface area contributed by atoms with Gasteiger partial charge in [-0.2, -0.15) is 0 Å². The molecule has 1 aromatic rings. The minimum absolute atomic E-state index is 0.351. The number of hydrogen-bond donors (Lipinski definition) is 2. The number of ether oxygens (including phenoxy) is 4. The lowest BCUT2D eigenvalue weighted by Gasteiger charge is -2.50. The topological polar surface area (TPSA) is 69.2 Å². The summed E-state index contributed by atoms with van der Waals surface area (Å²) in [5.41, 5.74) is 1.06. The van der Waals surface area contributed by atoms with E-state index in [4.69, 9.17) is 18.9 Å². The highest BCUT2D eigenvalue weighted by Crippen LogP contribution is 2.33. The number of rotatable bonds is 6. The van der Waals surface area contributed by atoms with Crippen LogP contribution in [0.1, 0.15) is 33.3 Å². The molecule has 2 aliphatic heterocycles. The molecule has 3 rings (SSSR count). The van der Waals surface area contributed by atoms with Gasteiger partial charge in [-0.25, -0.2) is 0 Å². The zero-order valence-electron chi connectivity index (χ0n) is 16.1. The van der Waals surface area contributed by atoms with E-state index < -0.39 is 24.3 Å². The molecule has 0 bridgehead atoms. The minimum Gasteiger partial charge on any atom is -0.388 e. The predicted molar refractivity (Wildman–Crippen MR) is 97.4 cm³/mol. The zero-order valence-corrected chi connectivity index (χ0v) is 16.1. The van der Waals surface area contributed by atoms with Gasteiger partial charge in [0.05, 0.1) is 19.3 Å². The second-order valence-corrected chi connectivity index (χ2v) is 7.95. The van der Waals surface area contributed by atoms with Crippen LogP contribution in [0, 0.1) is 5.92 Å². The first-order chi connectivity index (χ1) is 12.4. The Hall–Kier alpha value is -1.02. The number of aliphatic hydroxyl groups is 1. The van der Waals surface area contributed by atoms with E-state index in [-0.39, 0.29) is 12.1 Å². The summed E-state index contributed by atoms with van der Waals surface area (Å²) in [6, 6.07) is 9.58. The van der Waals surface area contributed by atoms with E-state index in [1.807, 2.05) is 44.2 Å². The zero-order chi connectivity index (χ0) is 18.7. The van der Waals surface area contributed by atoms with Gasteiger partial charge in [0.25, 0.3) is 0 Å². The number of aliphatic hydroxyl groups excluding tert-OH is 1. The molecule has 2 saturated heterocycles. The van der Waals surface area contributed by atoms with Gasteiger partial charge in [0.15, 0.2) is 12.1 Å². The van der Waals surface area contributed by atoms with Crippen LogP contribution >= 0.6 is 0 Å². The van der Waals surface area contributed by atoms with Gasteiger partial charge < -0.3 is 29.4 Å². The van der Waals surface area contributed by atoms with Crippen LogP contribution in [-0.4, -0.2) is 54.7 Å². The van der Waals surface area contributed by atoms with Crippen LogP contribution < -0.4 is 5.32 Å². The quantitative estimate of drug-likeness (QED) is 0.804. The van der Waals surface area contributed by atoms with Crippen LogP contribution in [0.15, 0.2) is 30.3 Å². The van der Waals surface area contributed by atoms with E-state index in [9.17, 15) is 5.11 Å². The summed E-state index contributed by atoms with van der Waals surface area (Å²) in [5.74, 6) is -0.284. The normalized spacial score (nSPS) is 33.8. The molecule has 0 amide bonds. The van der Waals surface area contributed by atoms with Crippen LogP contribution in [0.25, 0.3) is 0 Å². The van der Waals surface area contributed by atoms with Crippen molar-refractivity contribution >= 4 is 0 Å². The van der Waals surface area contributed by atoms with E-state index in [1.165, 1.54) is 0 Å². The highest BCUT2D eigenvalue weighted by Gasteiger charge is 2.51. The van der Waals surface area contributed by atoms with E-state index in [1.54, 1.807) is 0 Å². The highest BCUT2D eigenvalue weighted by atomic mass is 16.8. The van der Waals surface area contributed by atoms with Gasteiger partial charge in [-0.1, -0.05) is 44.2 Å². The fourth-order valence-corrected chi connectivity index (χ4v) is 3.33. The average molecular weight is 365 g/mol. The van der Waals surface area contributed by atoms with Crippen LogP contribution in [0.3, 0.4) is 0 Å². The van der Waals surface area contributed by atoms with Crippen molar-refractivity contribution in [3.05, 3.63) is 35.9 Å². The van der Waals surface area contributed by atoms with Crippen molar-refractivity contribution in [1.29, 1.82) is 0 Å². The van der Waals surface area contributed by atoms with E-state index in [0.29, 0.717) is 19.1 Å². The number of nitrogens with one attached hydrogen (secondary N) is 1. The first-order valence-electron chi connectivity index (χ1n) is 9.40. The van der Waals surface area contributed by atoms with Crippen molar-refractivity contribution in [3.8, 4) is 0 Å². The summed E-state index contributed by atoms with van der Waals surface area (Å²) in [5, 5.41) is 14.4. The molecule has 6 nitrogen and oxygen atoms in total. The van der Waals surface area contributed by atoms with Gasteiger partial charge in [-0.3, -0.25) is 0 Å². The molecule has 26 heavy (non-hydrogen) atoms. The molecule has 0 saturated carbocycles. The Bertz CT molecular complexity index is 565. The molecule has 2 heterocycles. The molecule has 146 valence electrons. The molecule has 0 radical (unpaired) electrons. The third-order valence-electron chi connectivity index (χ3n) is 4.71. The summed E-state index contributed by atoms with van der Waals surface area (Å²) in [7, 11) is 0. The van der Waals surface area contributed by atoms with Gasteiger partial charge in [0, 0.05) is 0 Å². The molecule has 0 unspecified atom stereocenters. The van der Waals surface area contributed by atoms with Crippen molar-refractivity contribution in [3.63, 3.8) is 0 Å². The molecular weight excluding hydrogens is 334 g/mol. The van der Waals surface area contributed by atoms with Crippen LogP contribution in [0.5, 0.6) is 0 Å². The summed E-state index contributed by atoms with van der Waals surface area (Å²) < 4.78 is 23.8. The Kier molecular flexibility index (Phi) is 6.33. The SMILES string of the molecule is CC(C)CN[C@H]1[C@@H](OCc2ccccc2)O[C@@H]2COC(C)(C)O[C@H]2[C@@H]1O. The van der Waals surface area contributed by atoms with E-state index in [0.717, 1.165) is 12.1 Å². The molecule has 1 aromatic carbocycles. The van der Waals surface area contributed by atoms with Gasteiger partial charge in [-0.05, 0) is 31.9 Å². The molecule has 2 aliphatic rings. The molecule has 6 heteroatoms. The average Bonchev–Trinajstić information content (AvgIpc) is 2.60. The molecule has 0 aliphatic carbocycles. The lowest BCUT2D eigenvalue weighted by molar-refractivity contribution is -0.370. The predicted octanol–water partition coefficient (Wildman–Crippen LogP) is 2.05. The monoisotopic (exact) mass is 365 g/mol. The Morgan fingerprint density at radius 2 is 2.00 bits per heavy atom. The second-order valence-electron chi connectivity index (χ2n) is 7.95. The third kappa shape index (κ3) is 4.82. The third-order valence-corrected chi connectivity index (χ3v) is 4.71. The van der Waals surface area contributed by atoms with Crippen molar-refractivity contribution in [2.24, 2.45) is 5.92 Å². The summed E-state index contributed by atoms with van der Waals surface area (Å²) in [6.07, 6.45) is -2.11. The van der Waals surface area contributed by atoms with Crippen molar-refractivity contribution in [1.82, 2.24) is 5.32 Å². The lowest BCUT2D eigenvalue weighted by atomic mass is 9.95. The molecule has 5 atom stereocenters. The first kappa shape index (κ1) is 19.7. The summed E-state index contributed by atoms with van der Waals surface area (Å²) >= 11 is 0. The van der Waals surface area contributed by atoms with Gasteiger partial charge in [0.2, 0.25) is 0 Å². The van der Waals surface area contributed by atoms with Gasteiger partial charge in [0.1, 0.15) is 18.3 Å². The standard InChI is InChI=1S/C20H31NO5/c1-13(2)10-21-16-17(22)18-15(12-24-20(3,4)26-18)25-19(16)23-11-14-8-6-5-7-9-14/h5-9,13,15-19,21-22H,10-12H2,1-4H3/t15-,16-,17-,18-,19+/m1/s1. The molecule has 2 N–H and O–H groups in total. The van der Waals surface area contributed by atoms with Crippen LogP contribution in [0.2, 0.25) is 0 Å². The van der Waals surface area contributed by atoms with E-state index >= 15 is 0 Å². The van der Waals surface area contributed by atoms with Crippen molar-refractivity contribution in [2.45, 2.75) is 70.7 Å². The largest absolute Gasteiger partial charge is 0.388 e. The Labute approximate surface area is 155 Å². The molecule has 2 fully saturated rings. The second kappa shape index (κ2) is 8.33. The molecular formula is C20H31NO5. The lowest BCUT2D eigenvalue weighted by Crippen LogP contribution is -2.68. The summed E-state index contributed by atoms with van der Waals surface area (Å²) in [4.78, 5) is 0. The smallest absolute Gasteiger partial charge is 0.176 e. The fourth-order valence-electron chi connectivity index (χ4n) is 3.33. The van der Waals surface area contributed by atoms with Gasteiger partial charge in [-0.15, -0.1) is 0 Å². The Morgan fingerprint density at radius 1 is 1.27 bits per heavy atom. The van der Waals surface area contributed by atoms with Crippen LogP contribution in [0.4, 0.5) is 0 Å². The maximum absolute atomic E-state index is 11.0. The first-order valence-corrected chi connectivity index (χ1v) is 9.40. The Balaban J connectivity index is 1.70. The van der Waals surface area contributed by atoms with E-state index in [2.05, 4.69) is 19.2 Å². The summed E-state index contributed by atoms with van der Waals surface area (Å²) in [6.45, 7) is 9.50. The molecule has 0 spiro atoms. The number of fused-ring (bicyclic) bond motifs is 1. The fraction of sp³-hybridized carbons (Fsp3) is 0.700. The van der Waals surface area contributed by atoms with Crippen molar-refractivity contribution in [2.75, 3.05) is 13.2 Å². The maximum Gasteiger partial charge on any atom is 0.176 e. The van der Waals surface area contributed by atoms with Gasteiger partial charge >= 0.3 is 0 Å². The van der Waals surface area contributed by atoms with Crippen molar-refractivity contribution < 1.29 is 24.1 Å². The van der Waals surface area contributed by atoms with Crippen LogP contribution in [-0.2, 0) is 25.6 Å².